The number of pyridine rings is 1. The van der Waals surface area contributed by atoms with Gasteiger partial charge in [0.15, 0.2) is 0 Å². The molecule has 1 saturated heterocycles. The Morgan fingerprint density at radius 2 is 1.70 bits per heavy atom. The molecular formula is C18H28BNO3. The van der Waals surface area contributed by atoms with Gasteiger partial charge in [0.1, 0.15) is 5.75 Å². The van der Waals surface area contributed by atoms with Crippen molar-refractivity contribution in [1.82, 2.24) is 4.98 Å². The van der Waals surface area contributed by atoms with Crippen molar-refractivity contribution in [3.05, 3.63) is 18.0 Å². The predicted molar refractivity (Wildman–Crippen MR) is 92.3 cm³/mol. The SMILES string of the molecule is CC(C)(C)c1nccc(B2OC(C)(C)C(C)(C)O2)c1OC1CC1. The molecule has 1 aliphatic heterocycles. The summed E-state index contributed by atoms with van der Waals surface area (Å²) >= 11 is 0. The van der Waals surface area contributed by atoms with E-state index in [1.165, 1.54) is 0 Å². The van der Waals surface area contributed by atoms with Crippen molar-refractivity contribution in [3.8, 4) is 5.75 Å². The second kappa shape index (κ2) is 5.22. The quantitative estimate of drug-likeness (QED) is 0.803. The van der Waals surface area contributed by atoms with Gasteiger partial charge in [-0.3, -0.25) is 4.98 Å². The first kappa shape index (κ1) is 16.8. The highest BCUT2D eigenvalue weighted by molar-refractivity contribution is 6.63. The molecule has 1 saturated carbocycles. The van der Waals surface area contributed by atoms with Crippen LogP contribution in [-0.2, 0) is 14.7 Å². The molecule has 0 aromatic carbocycles. The Bertz CT molecular complexity index is 587. The lowest BCUT2D eigenvalue weighted by atomic mass is 9.76. The highest BCUT2D eigenvalue weighted by Gasteiger charge is 2.53. The van der Waals surface area contributed by atoms with Crippen LogP contribution in [0, 0.1) is 0 Å². The van der Waals surface area contributed by atoms with E-state index in [-0.39, 0.29) is 16.6 Å². The minimum atomic E-state index is -0.419. The molecule has 2 fully saturated rings. The summed E-state index contributed by atoms with van der Waals surface area (Å²) in [6.45, 7) is 14.7. The number of nitrogens with zero attached hydrogens (tertiary/aromatic N) is 1. The van der Waals surface area contributed by atoms with Crippen LogP contribution in [0.4, 0.5) is 0 Å². The molecule has 0 radical (unpaired) electrons. The van der Waals surface area contributed by atoms with Crippen LogP contribution in [0.1, 0.15) is 67.0 Å². The fourth-order valence-corrected chi connectivity index (χ4v) is 2.63. The summed E-state index contributed by atoms with van der Waals surface area (Å²) in [4.78, 5) is 4.60. The van der Waals surface area contributed by atoms with Crippen molar-refractivity contribution in [2.75, 3.05) is 0 Å². The lowest BCUT2D eigenvalue weighted by Gasteiger charge is -2.32. The first-order valence-corrected chi connectivity index (χ1v) is 8.53. The van der Waals surface area contributed by atoms with E-state index in [0.29, 0.717) is 6.10 Å². The van der Waals surface area contributed by atoms with E-state index in [1.807, 2.05) is 12.3 Å². The van der Waals surface area contributed by atoms with Gasteiger partial charge < -0.3 is 14.0 Å². The number of hydrogen-bond acceptors (Lipinski definition) is 4. The van der Waals surface area contributed by atoms with Crippen molar-refractivity contribution in [1.29, 1.82) is 0 Å². The zero-order chi connectivity index (χ0) is 17.0. The van der Waals surface area contributed by atoms with Crippen LogP contribution in [0.2, 0.25) is 0 Å². The summed E-state index contributed by atoms with van der Waals surface area (Å²) in [6.07, 6.45) is 4.37. The number of ether oxygens (including phenoxy) is 1. The maximum Gasteiger partial charge on any atom is 0.498 e. The third-order valence-corrected chi connectivity index (χ3v) is 4.96. The zero-order valence-corrected chi connectivity index (χ0v) is 15.4. The Kier molecular flexibility index (Phi) is 3.81. The lowest BCUT2D eigenvalue weighted by molar-refractivity contribution is 0.00578. The van der Waals surface area contributed by atoms with Gasteiger partial charge in [-0.15, -0.1) is 0 Å². The monoisotopic (exact) mass is 317 g/mol. The number of hydrogen-bond donors (Lipinski definition) is 0. The van der Waals surface area contributed by atoms with Gasteiger partial charge in [-0.1, -0.05) is 20.8 Å². The fourth-order valence-electron chi connectivity index (χ4n) is 2.63. The van der Waals surface area contributed by atoms with Crippen molar-refractivity contribution in [2.24, 2.45) is 0 Å². The van der Waals surface area contributed by atoms with Crippen LogP contribution in [0.3, 0.4) is 0 Å². The average molecular weight is 317 g/mol. The number of aromatic nitrogens is 1. The van der Waals surface area contributed by atoms with Crippen LogP contribution in [0.25, 0.3) is 0 Å². The minimum absolute atomic E-state index is 0.0934. The predicted octanol–water partition coefficient (Wildman–Crippen LogP) is 3.22. The molecule has 2 heterocycles. The topological polar surface area (TPSA) is 40.6 Å². The van der Waals surface area contributed by atoms with Crippen LogP contribution >= 0.6 is 0 Å². The van der Waals surface area contributed by atoms with Gasteiger partial charge in [0.05, 0.1) is 23.0 Å². The maximum atomic E-state index is 6.24. The van der Waals surface area contributed by atoms with E-state index in [0.717, 1.165) is 29.7 Å². The van der Waals surface area contributed by atoms with Gasteiger partial charge in [-0.05, 0) is 46.6 Å². The van der Waals surface area contributed by atoms with Crippen molar-refractivity contribution >= 4 is 12.6 Å². The first-order chi connectivity index (χ1) is 10.5. The molecule has 1 aliphatic carbocycles. The van der Waals surface area contributed by atoms with Crippen LogP contribution in [0.5, 0.6) is 5.75 Å². The molecule has 1 aromatic rings. The summed E-state index contributed by atoms with van der Waals surface area (Å²) in [5.74, 6) is 0.848. The van der Waals surface area contributed by atoms with E-state index >= 15 is 0 Å². The molecular weight excluding hydrogens is 289 g/mol. The summed E-state index contributed by atoms with van der Waals surface area (Å²) in [7, 11) is -0.419. The van der Waals surface area contributed by atoms with E-state index < -0.39 is 7.12 Å². The molecule has 23 heavy (non-hydrogen) atoms. The Labute approximate surface area is 140 Å². The van der Waals surface area contributed by atoms with Crippen molar-refractivity contribution < 1.29 is 14.0 Å². The van der Waals surface area contributed by atoms with Gasteiger partial charge in [-0.2, -0.15) is 0 Å². The molecule has 1 aromatic heterocycles. The molecule has 0 N–H and O–H groups in total. The van der Waals surface area contributed by atoms with E-state index in [2.05, 4.69) is 53.5 Å². The average Bonchev–Trinajstić information content (AvgIpc) is 3.16. The second-order valence-electron chi connectivity index (χ2n) is 8.73. The zero-order valence-electron chi connectivity index (χ0n) is 15.4. The summed E-state index contributed by atoms with van der Waals surface area (Å²) in [5, 5.41) is 0. The Balaban J connectivity index is 2.02. The van der Waals surface area contributed by atoms with Gasteiger partial charge in [0, 0.05) is 17.1 Å². The summed E-state index contributed by atoms with van der Waals surface area (Å²) in [5.41, 5.74) is 1.11. The van der Waals surface area contributed by atoms with Crippen LogP contribution in [0.15, 0.2) is 12.3 Å². The minimum Gasteiger partial charge on any atom is -0.489 e. The molecule has 0 amide bonds. The van der Waals surface area contributed by atoms with E-state index in [1.54, 1.807) is 0 Å². The van der Waals surface area contributed by atoms with Crippen molar-refractivity contribution in [3.63, 3.8) is 0 Å². The fraction of sp³-hybridized carbons (Fsp3) is 0.722. The molecule has 0 bridgehead atoms. The van der Waals surface area contributed by atoms with Gasteiger partial charge >= 0.3 is 7.12 Å². The van der Waals surface area contributed by atoms with Gasteiger partial charge in [0.2, 0.25) is 0 Å². The Morgan fingerprint density at radius 1 is 1.13 bits per heavy atom. The lowest BCUT2D eigenvalue weighted by Crippen LogP contribution is -2.41. The number of rotatable bonds is 3. The highest BCUT2D eigenvalue weighted by atomic mass is 16.7. The van der Waals surface area contributed by atoms with E-state index in [9.17, 15) is 0 Å². The summed E-state index contributed by atoms with van der Waals surface area (Å²) < 4.78 is 18.7. The summed E-state index contributed by atoms with van der Waals surface area (Å²) in [6, 6.07) is 1.97. The Morgan fingerprint density at radius 3 is 2.17 bits per heavy atom. The molecule has 2 aliphatic rings. The van der Waals surface area contributed by atoms with Gasteiger partial charge in [-0.25, -0.2) is 0 Å². The Hall–Kier alpha value is -1.07. The third-order valence-electron chi connectivity index (χ3n) is 4.96. The smallest absolute Gasteiger partial charge is 0.489 e. The molecule has 0 unspecified atom stereocenters. The molecule has 4 nitrogen and oxygen atoms in total. The molecule has 3 rings (SSSR count). The first-order valence-electron chi connectivity index (χ1n) is 8.53. The molecule has 0 atom stereocenters. The van der Waals surface area contributed by atoms with Gasteiger partial charge in [0.25, 0.3) is 0 Å². The third kappa shape index (κ3) is 3.13. The van der Waals surface area contributed by atoms with Crippen LogP contribution in [-0.4, -0.2) is 29.4 Å². The second-order valence-corrected chi connectivity index (χ2v) is 8.73. The van der Waals surface area contributed by atoms with Crippen molar-refractivity contribution in [2.45, 2.75) is 84.0 Å². The molecule has 126 valence electrons. The highest BCUT2D eigenvalue weighted by Crippen LogP contribution is 2.39. The largest absolute Gasteiger partial charge is 0.498 e. The molecule has 5 heteroatoms. The van der Waals surface area contributed by atoms with E-state index in [4.69, 9.17) is 14.0 Å². The molecule has 0 spiro atoms. The van der Waals surface area contributed by atoms with Crippen LogP contribution < -0.4 is 10.2 Å². The normalized spacial score (nSPS) is 23.2. The maximum absolute atomic E-state index is 6.24. The standard InChI is InChI=1S/C18H28BNO3/c1-16(2,3)15-14(21-12-8-9-12)13(10-11-20-15)19-22-17(4,5)18(6,7)23-19/h10-12H,8-9H2,1-7H3.